The first-order valence-electron chi connectivity index (χ1n) is 9.45. The van der Waals surface area contributed by atoms with Gasteiger partial charge in [-0.25, -0.2) is 0 Å². The molecule has 3 aromatic rings. The highest BCUT2D eigenvalue weighted by molar-refractivity contribution is 7.16. The van der Waals surface area contributed by atoms with Gasteiger partial charge >= 0.3 is 5.97 Å². The molecule has 0 aliphatic carbocycles. The summed E-state index contributed by atoms with van der Waals surface area (Å²) in [5, 5.41) is 0. The van der Waals surface area contributed by atoms with Gasteiger partial charge in [0.05, 0.1) is 31.0 Å². The van der Waals surface area contributed by atoms with Gasteiger partial charge in [0, 0.05) is 17.7 Å². The molecule has 0 fully saturated rings. The molecule has 158 valence electrons. The van der Waals surface area contributed by atoms with Crippen LogP contribution in [0.5, 0.6) is 11.5 Å². The van der Waals surface area contributed by atoms with Crippen molar-refractivity contribution in [1.29, 1.82) is 0 Å². The zero-order valence-electron chi connectivity index (χ0n) is 17.6. The first-order chi connectivity index (χ1) is 14.4. The van der Waals surface area contributed by atoms with Crippen molar-refractivity contribution in [2.24, 2.45) is 4.99 Å². The van der Waals surface area contributed by atoms with E-state index in [1.165, 1.54) is 11.3 Å². The number of esters is 1. The van der Waals surface area contributed by atoms with Crippen LogP contribution in [0.25, 0.3) is 10.2 Å². The molecule has 1 heterocycles. The average molecular weight is 429 g/mol. The minimum absolute atomic E-state index is 0.0671. The summed E-state index contributed by atoms with van der Waals surface area (Å²) in [5.74, 6) is 0.294. The third-order valence-electron chi connectivity index (χ3n) is 4.73. The zero-order valence-corrected chi connectivity index (χ0v) is 18.5. The molecule has 0 aliphatic heterocycles. The molecule has 0 aliphatic rings. The smallest absolute Gasteiger partial charge is 0.326 e. The van der Waals surface area contributed by atoms with E-state index in [0.29, 0.717) is 27.4 Å². The monoisotopic (exact) mass is 428 g/mol. The molecule has 1 aromatic heterocycles. The van der Waals surface area contributed by atoms with E-state index in [2.05, 4.69) is 4.99 Å². The number of nitrogens with zero attached hydrogens (tertiary/aromatic N) is 2. The molecule has 0 spiro atoms. The van der Waals surface area contributed by atoms with E-state index >= 15 is 0 Å². The minimum Gasteiger partial charge on any atom is -0.493 e. The Morgan fingerprint density at radius 1 is 1.03 bits per heavy atom. The fourth-order valence-electron chi connectivity index (χ4n) is 3.00. The molecule has 0 unspecified atom stereocenters. The van der Waals surface area contributed by atoms with Gasteiger partial charge in [-0.15, -0.1) is 0 Å². The van der Waals surface area contributed by atoms with Crippen molar-refractivity contribution >= 4 is 33.4 Å². The molecule has 0 saturated carbocycles. The van der Waals surface area contributed by atoms with Gasteiger partial charge in [-0.1, -0.05) is 17.4 Å². The summed E-state index contributed by atoms with van der Waals surface area (Å²) in [6.07, 6.45) is 0. The van der Waals surface area contributed by atoms with E-state index in [1.54, 1.807) is 43.9 Å². The molecule has 7 nitrogen and oxygen atoms in total. The third-order valence-corrected chi connectivity index (χ3v) is 5.77. The number of hydrogen-bond donors (Lipinski definition) is 0. The van der Waals surface area contributed by atoms with Crippen LogP contribution in [0.3, 0.4) is 0 Å². The van der Waals surface area contributed by atoms with Crippen molar-refractivity contribution in [3.05, 3.63) is 51.8 Å². The molecule has 0 saturated heterocycles. The van der Waals surface area contributed by atoms with Crippen LogP contribution in [-0.2, 0) is 16.1 Å². The second-order valence-corrected chi connectivity index (χ2v) is 7.68. The molecule has 2 aromatic carbocycles. The number of benzene rings is 2. The van der Waals surface area contributed by atoms with Gasteiger partial charge in [-0.05, 0) is 44.0 Å². The lowest BCUT2D eigenvalue weighted by Gasteiger charge is -2.09. The van der Waals surface area contributed by atoms with Crippen LogP contribution in [0, 0.1) is 13.8 Å². The SMILES string of the molecule is CCOC(=O)Cn1c(=NC(=O)c2ccc(C)c(C)c2)sc2cc(OC)c(OC)cc21. The summed E-state index contributed by atoms with van der Waals surface area (Å²) in [6, 6.07) is 9.04. The predicted molar refractivity (Wildman–Crippen MR) is 115 cm³/mol. The second-order valence-electron chi connectivity index (χ2n) is 6.67. The number of aryl methyl sites for hydroxylation is 2. The van der Waals surface area contributed by atoms with Crippen LogP contribution < -0.4 is 14.3 Å². The lowest BCUT2D eigenvalue weighted by atomic mass is 10.1. The highest BCUT2D eigenvalue weighted by Gasteiger charge is 2.16. The third kappa shape index (κ3) is 4.38. The number of thiazole rings is 1. The molecule has 0 bridgehead atoms. The highest BCUT2D eigenvalue weighted by atomic mass is 32.1. The van der Waals surface area contributed by atoms with Gasteiger partial charge in [0.25, 0.3) is 5.91 Å². The lowest BCUT2D eigenvalue weighted by molar-refractivity contribution is -0.143. The summed E-state index contributed by atoms with van der Waals surface area (Å²) in [4.78, 5) is 29.7. The Labute approximate surface area is 178 Å². The molecular formula is C22H24N2O5S. The average Bonchev–Trinajstić information content (AvgIpc) is 3.04. The number of aromatic nitrogens is 1. The van der Waals surface area contributed by atoms with E-state index in [1.807, 2.05) is 26.0 Å². The number of rotatable bonds is 6. The number of carbonyl (C=O) groups excluding carboxylic acids is 2. The Bertz CT molecular complexity index is 1180. The van der Waals surface area contributed by atoms with Crippen LogP contribution >= 0.6 is 11.3 Å². The summed E-state index contributed by atoms with van der Waals surface area (Å²) in [6.45, 7) is 5.89. The van der Waals surface area contributed by atoms with Crippen LogP contribution in [-0.4, -0.2) is 37.3 Å². The minimum atomic E-state index is -0.410. The molecule has 8 heteroatoms. The van der Waals surface area contributed by atoms with E-state index < -0.39 is 5.97 Å². The lowest BCUT2D eigenvalue weighted by Crippen LogP contribution is -2.23. The van der Waals surface area contributed by atoms with E-state index in [-0.39, 0.29) is 19.1 Å². The Morgan fingerprint density at radius 2 is 1.73 bits per heavy atom. The van der Waals surface area contributed by atoms with Crippen LogP contribution in [0.2, 0.25) is 0 Å². The van der Waals surface area contributed by atoms with Crippen molar-refractivity contribution in [2.75, 3.05) is 20.8 Å². The number of methoxy groups -OCH3 is 2. The molecule has 0 N–H and O–H groups in total. The van der Waals surface area contributed by atoms with Crippen molar-refractivity contribution in [3.63, 3.8) is 0 Å². The van der Waals surface area contributed by atoms with Gasteiger partial charge < -0.3 is 18.8 Å². The van der Waals surface area contributed by atoms with E-state index in [9.17, 15) is 9.59 Å². The largest absolute Gasteiger partial charge is 0.493 e. The summed E-state index contributed by atoms with van der Waals surface area (Å²) >= 11 is 1.30. The molecular weight excluding hydrogens is 404 g/mol. The van der Waals surface area contributed by atoms with Gasteiger partial charge in [-0.3, -0.25) is 9.59 Å². The van der Waals surface area contributed by atoms with Crippen molar-refractivity contribution in [2.45, 2.75) is 27.3 Å². The number of hydrogen-bond acceptors (Lipinski definition) is 6. The molecule has 30 heavy (non-hydrogen) atoms. The standard InChI is InChI=1S/C22H24N2O5S/c1-6-29-20(25)12-24-16-10-17(27-4)18(28-5)11-19(16)30-22(24)23-21(26)15-8-7-13(2)14(3)9-15/h7-11H,6,12H2,1-5H3. The maximum atomic E-state index is 12.8. The van der Waals surface area contributed by atoms with Crippen LogP contribution in [0.4, 0.5) is 0 Å². The van der Waals surface area contributed by atoms with Crippen molar-refractivity contribution < 1.29 is 23.8 Å². The molecule has 0 atom stereocenters. The van der Waals surface area contributed by atoms with Crippen LogP contribution in [0.15, 0.2) is 35.3 Å². The first-order valence-corrected chi connectivity index (χ1v) is 10.3. The first kappa shape index (κ1) is 21.6. The molecule has 0 radical (unpaired) electrons. The zero-order chi connectivity index (χ0) is 21.8. The van der Waals surface area contributed by atoms with Crippen molar-refractivity contribution in [1.82, 2.24) is 4.57 Å². The van der Waals surface area contributed by atoms with Gasteiger partial charge in [-0.2, -0.15) is 4.99 Å². The normalized spacial score (nSPS) is 11.6. The number of fused-ring (bicyclic) bond motifs is 1. The maximum Gasteiger partial charge on any atom is 0.326 e. The number of carbonyl (C=O) groups is 2. The fourth-order valence-corrected chi connectivity index (χ4v) is 4.03. The van der Waals surface area contributed by atoms with Crippen LogP contribution in [0.1, 0.15) is 28.4 Å². The van der Waals surface area contributed by atoms with Gasteiger partial charge in [0.15, 0.2) is 16.3 Å². The maximum absolute atomic E-state index is 12.8. The quantitative estimate of drug-likeness (QED) is 0.560. The topological polar surface area (TPSA) is 79.1 Å². The Kier molecular flexibility index (Phi) is 6.56. The number of ether oxygens (including phenoxy) is 3. The molecule has 1 amide bonds. The Hall–Kier alpha value is -3.13. The van der Waals surface area contributed by atoms with E-state index in [0.717, 1.165) is 15.8 Å². The van der Waals surface area contributed by atoms with Crippen molar-refractivity contribution in [3.8, 4) is 11.5 Å². The molecule has 3 rings (SSSR count). The Balaban J connectivity index is 2.17. The second kappa shape index (κ2) is 9.13. The van der Waals surface area contributed by atoms with Gasteiger partial charge in [0.1, 0.15) is 6.54 Å². The summed E-state index contributed by atoms with van der Waals surface area (Å²) in [5.41, 5.74) is 3.32. The van der Waals surface area contributed by atoms with Gasteiger partial charge in [0.2, 0.25) is 0 Å². The highest BCUT2D eigenvalue weighted by Crippen LogP contribution is 2.33. The Morgan fingerprint density at radius 3 is 2.37 bits per heavy atom. The summed E-state index contributed by atoms with van der Waals surface area (Å²) < 4.78 is 18.3. The fraction of sp³-hybridized carbons (Fsp3) is 0.318. The summed E-state index contributed by atoms with van der Waals surface area (Å²) in [7, 11) is 3.10. The predicted octanol–water partition coefficient (Wildman–Crippen LogP) is 3.64. The van der Waals surface area contributed by atoms with E-state index in [4.69, 9.17) is 14.2 Å². The number of amides is 1.